The fourth-order valence-corrected chi connectivity index (χ4v) is 3.49. The van der Waals surface area contributed by atoms with E-state index in [2.05, 4.69) is 78.7 Å². The summed E-state index contributed by atoms with van der Waals surface area (Å²) in [7, 11) is 2.19. The summed E-state index contributed by atoms with van der Waals surface area (Å²) in [5, 5.41) is 0. The van der Waals surface area contributed by atoms with Gasteiger partial charge in [0, 0.05) is 13.1 Å². The highest BCUT2D eigenvalue weighted by molar-refractivity contribution is 5.85. The molecule has 2 heteroatoms. The van der Waals surface area contributed by atoms with Crippen LogP contribution in [-0.4, -0.2) is 18.5 Å². The summed E-state index contributed by atoms with van der Waals surface area (Å²) < 4.78 is 0. The van der Waals surface area contributed by atoms with Crippen LogP contribution in [0, 0.1) is 0 Å². The summed E-state index contributed by atoms with van der Waals surface area (Å²) in [6.45, 7) is 1.98. The van der Waals surface area contributed by atoms with Gasteiger partial charge >= 0.3 is 0 Å². The standard InChI is InChI=1S/C24H29N.ClH/c1-25(18-10-4-7-13-21-11-5-2-6-12-21)20-22-16-17-23-14-8-3-9-15-24(23)19-22;/h2,4-7,10-13,16-17,19H,3,8-9,14-15,18,20H2,1H3;1H/b10-4+,13-7+;. The third-order valence-corrected chi connectivity index (χ3v) is 4.87. The van der Waals surface area contributed by atoms with Crippen LogP contribution in [0.4, 0.5) is 0 Å². The molecule has 0 unspecified atom stereocenters. The molecule has 0 saturated carbocycles. The summed E-state index contributed by atoms with van der Waals surface area (Å²) in [5.41, 5.74) is 5.85. The molecule has 0 heterocycles. The zero-order chi connectivity index (χ0) is 17.3. The van der Waals surface area contributed by atoms with Crippen molar-refractivity contribution in [1.82, 2.24) is 4.90 Å². The lowest BCUT2D eigenvalue weighted by molar-refractivity contribution is 0.363. The molecule has 26 heavy (non-hydrogen) atoms. The first kappa shape index (κ1) is 20.5. The van der Waals surface area contributed by atoms with Crippen molar-refractivity contribution in [3.63, 3.8) is 0 Å². The Bertz CT molecular complexity index is 718. The van der Waals surface area contributed by atoms with E-state index >= 15 is 0 Å². The Morgan fingerprint density at radius 2 is 1.65 bits per heavy atom. The van der Waals surface area contributed by atoms with E-state index in [0.717, 1.165) is 13.1 Å². The molecular weight excluding hydrogens is 338 g/mol. The molecule has 2 aromatic carbocycles. The minimum absolute atomic E-state index is 0. The SMILES string of the molecule is CN(C/C=C/C=C/c1ccccc1)Cc1ccc2c(c1)CCCCC2.Cl. The predicted octanol–water partition coefficient (Wildman–Crippen LogP) is 6.08. The summed E-state index contributed by atoms with van der Waals surface area (Å²) in [4.78, 5) is 2.37. The molecular formula is C24H30ClN. The fraction of sp³-hybridized carbons (Fsp3) is 0.333. The lowest BCUT2D eigenvalue weighted by Crippen LogP contribution is -2.17. The van der Waals surface area contributed by atoms with Crippen molar-refractivity contribution in [2.24, 2.45) is 0 Å². The molecule has 2 aromatic rings. The molecule has 1 aliphatic rings. The van der Waals surface area contributed by atoms with E-state index < -0.39 is 0 Å². The predicted molar refractivity (Wildman–Crippen MR) is 116 cm³/mol. The minimum Gasteiger partial charge on any atom is -0.298 e. The van der Waals surface area contributed by atoms with E-state index in [4.69, 9.17) is 0 Å². The third-order valence-electron chi connectivity index (χ3n) is 4.87. The monoisotopic (exact) mass is 367 g/mol. The molecule has 1 aliphatic carbocycles. The van der Waals surface area contributed by atoms with E-state index in [1.165, 1.54) is 43.2 Å². The van der Waals surface area contributed by atoms with Crippen LogP contribution in [0.25, 0.3) is 6.08 Å². The quantitative estimate of drug-likeness (QED) is 0.441. The van der Waals surface area contributed by atoms with Gasteiger partial charge in [0.1, 0.15) is 0 Å². The Morgan fingerprint density at radius 1 is 0.885 bits per heavy atom. The van der Waals surface area contributed by atoms with Crippen molar-refractivity contribution in [3.8, 4) is 0 Å². The van der Waals surface area contributed by atoms with Gasteiger partial charge in [0.15, 0.2) is 0 Å². The highest BCUT2D eigenvalue weighted by Gasteiger charge is 2.09. The molecule has 0 aromatic heterocycles. The smallest absolute Gasteiger partial charge is 0.0234 e. The summed E-state index contributed by atoms with van der Waals surface area (Å²) >= 11 is 0. The van der Waals surface area contributed by atoms with Crippen LogP contribution in [0.5, 0.6) is 0 Å². The minimum atomic E-state index is 0. The number of allylic oxidation sites excluding steroid dienone is 2. The largest absolute Gasteiger partial charge is 0.298 e. The Hall–Kier alpha value is -1.83. The maximum atomic E-state index is 2.44. The van der Waals surface area contributed by atoms with Crippen LogP contribution in [0.1, 0.15) is 41.5 Å². The van der Waals surface area contributed by atoms with Gasteiger partial charge < -0.3 is 0 Å². The number of halogens is 1. The molecule has 3 rings (SSSR count). The molecule has 0 N–H and O–H groups in total. The van der Waals surface area contributed by atoms with Crippen LogP contribution in [-0.2, 0) is 19.4 Å². The fourth-order valence-electron chi connectivity index (χ4n) is 3.49. The van der Waals surface area contributed by atoms with Crippen molar-refractivity contribution in [1.29, 1.82) is 0 Å². The van der Waals surface area contributed by atoms with E-state index in [1.807, 2.05) is 6.07 Å². The topological polar surface area (TPSA) is 3.24 Å². The Kier molecular flexibility index (Phi) is 8.67. The summed E-state index contributed by atoms with van der Waals surface area (Å²) in [5.74, 6) is 0. The third kappa shape index (κ3) is 6.48. The number of hydrogen-bond donors (Lipinski definition) is 0. The number of fused-ring (bicyclic) bond motifs is 1. The summed E-state index contributed by atoms with van der Waals surface area (Å²) in [6, 6.07) is 17.5. The maximum absolute atomic E-state index is 2.44. The molecule has 0 saturated heterocycles. The number of rotatable bonds is 6. The van der Waals surface area contributed by atoms with Gasteiger partial charge in [0.05, 0.1) is 0 Å². The van der Waals surface area contributed by atoms with Gasteiger partial charge in [-0.1, -0.05) is 79.3 Å². The Labute approximate surface area is 164 Å². The van der Waals surface area contributed by atoms with E-state index in [1.54, 1.807) is 11.1 Å². The van der Waals surface area contributed by atoms with Crippen LogP contribution in [0.2, 0.25) is 0 Å². The lowest BCUT2D eigenvalue weighted by atomic mass is 10.00. The van der Waals surface area contributed by atoms with Gasteiger partial charge in [-0.3, -0.25) is 4.90 Å². The number of nitrogens with zero attached hydrogens (tertiary/aromatic N) is 1. The number of aryl methyl sites for hydroxylation is 2. The zero-order valence-electron chi connectivity index (χ0n) is 15.7. The van der Waals surface area contributed by atoms with E-state index in [-0.39, 0.29) is 12.4 Å². The highest BCUT2D eigenvalue weighted by atomic mass is 35.5. The molecule has 0 atom stereocenters. The lowest BCUT2D eigenvalue weighted by Gasteiger charge is -2.16. The first-order valence-corrected chi connectivity index (χ1v) is 9.49. The zero-order valence-corrected chi connectivity index (χ0v) is 16.5. The second kappa shape index (κ2) is 11.0. The van der Waals surface area contributed by atoms with Crippen molar-refractivity contribution < 1.29 is 0 Å². The summed E-state index contributed by atoms with van der Waals surface area (Å²) in [6.07, 6.45) is 15.2. The molecule has 0 spiro atoms. The molecule has 1 nitrogen and oxygen atoms in total. The molecule has 0 aliphatic heterocycles. The average molecular weight is 368 g/mol. The van der Waals surface area contributed by atoms with Crippen LogP contribution in [0.15, 0.2) is 66.8 Å². The Morgan fingerprint density at radius 3 is 2.46 bits per heavy atom. The number of hydrogen-bond acceptors (Lipinski definition) is 1. The molecule has 0 amide bonds. The second-order valence-electron chi connectivity index (χ2n) is 7.06. The van der Waals surface area contributed by atoms with Gasteiger partial charge in [0.25, 0.3) is 0 Å². The molecule has 0 bridgehead atoms. The molecule has 0 fully saturated rings. The maximum Gasteiger partial charge on any atom is 0.0234 e. The normalized spacial score (nSPS) is 14.4. The van der Waals surface area contributed by atoms with E-state index in [0.29, 0.717) is 0 Å². The van der Waals surface area contributed by atoms with Crippen molar-refractivity contribution in [3.05, 3.63) is 89.0 Å². The van der Waals surface area contributed by atoms with Gasteiger partial charge in [-0.05, 0) is 55.0 Å². The van der Waals surface area contributed by atoms with Gasteiger partial charge in [-0.15, -0.1) is 12.4 Å². The van der Waals surface area contributed by atoms with Crippen LogP contribution in [0.3, 0.4) is 0 Å². The van der Waals surface area contributed by atoms with Crippen molar-refractivity contribution in [2.75, 3.05) is 13.6 Å². The Balaban J connectivity index is 0.00000243. The number of benzene rings is 2. The van der Waals surface area contributed by atoms with Gasteiger partial charge in [-0.2, -0.15) is 0 Å². The first-order chi connectivity index (χ1) is 12.3. The number of likely N-dealkylation sites (N-methyl/N-ethyl adjacent to an activating group) is 1. The van der Waals surface area contributed by atoms with Gasteiger partial charge in [-0.25, -0.2) is 0 Å². The van der Waals surface area contributed by atoms with Crippen LogP contribution >= 0.6 is 12.4 Å². The van der Waals surface area contributed by atoms with Crippen LogP contribution < -0.4 is 0 Å². The van der Waals surface area contributed by atoms with Gasteiger partial charge in [0.2, 0.25) is 0 Å². The highest BCUT2D eigenvalue weighted by Crippen LogP contribution is 2.22. The first-order valence-electron chi connectivity index (χ1n) is 9.49. The van der Waals surface area contributed by atoms with Crippen molar-refractivity contribution >= 4 is 18.5 Å². The average Bonchev–Trinajstić information content (AvgIpc) is 2.87. The van der Waals surface area contributed by atoms with Crippen molar-refractivity contribution in [2.45, 2.75) is 38.6 Å². The molecule has 0 radical (unpaired) electrons. The molecule has 138 valence electrons. The second-order valence-corrected chi connectivity index (χ2v) is 7.06. The van der Waals surface area contributed by atoms with E-state index in [9.17, 15) is 0 Å².